The maximum absolute atomic E-state index is 13.6. The van der Waals surface area contributed by atoms with Crippen LogP contribution in [-0.2, 0) is 12.8 Å². The van der Waals surface area contributed by atoms with E-state index in [1.807, 2.05) is 28.7 Å². The molecule has 3 N–H and O–H groups in total. The molecule has 0 heterocycles. The number of nitrogens with one attached hydrogen (secondary N) is 1. The Hall–Kier alpha value is -1.30. The van der Waals surface area contributed by atoms with Gasteiger partial charge in [0.1, 0.15) is 5.82 Å². The van der Waals surface area contributed by atoms with Crippen LogP contribution in [0.25, 0.3) is 0 Å². The molecule has 2 aromatic rings. The molecule has 4 heteroatoms. The van der Waals surface area contributed by atoms with Crippen molar-refractivity contribution >= 4 is 39.7 Å². The molecule has 98 valence electrons. The van der Waals surface area contributed by atoms with E-state index < -0.39 is 0 Å². The second-order valence-electron chi connectivity index (χ2n) is 4.82. The Balaban J connectivity index is 1.91. The zero-order valence-corrected chi connectivity index (χ0v) is 12.5. The van der Waals surface area contributed by atoms with Crippen LogP contribution in [0.5, 0.6) is 0 Å². The van der Waals surface area contributed by atoms with Crippen LogP contribution >= 0.6 is 22.6 Å². The lowest BCUT2D eigenvalue weighted by Gasteiger charge is -2.11. The molecule has 2 nitrogen and oxygen atoms in total. The zero-order chi connectivity index (χ0) is 13.4. The SMILES string of the molecule is Nc1cc(I)c(F)cc1Nc1ccc2c(c1)CCC2. The van der Waals surface area contributed by atoms with Crippen LogP contribution < -0.4 is 11.1 Å². The molecule has 0 unspecified atom stereocenters. The van der Waals surface area contributed by atoms with Crippen molar-refractivity contribution < 1.29 is 4.39 Å². The van der Waals surface area contributed by atoms with Gasteiger partial charge in [0.25, 0.3) is 0 Å². The number of nitrogen functional groups attached to an aromatic ring is 1. The molecular weight excluding hydrogens is 354 g/mol. The van der Waals surface area contributed by atoms with E-state index in [1.54, 1.807) is 6.07 Å². The normalized spacial score (nSPS) is 13.4. The van der Waals surface area contributed by atoms with E-state index >= 15 is 0 Å². The van der Waals surface area contributed by atoms with Gasteiger partial charge in [-0.05, 0) is 71.2 Å². The number of hydrogen-bond donors (Lipinski definition) is 2. The number of rotatable bonds is 2. The summed E-state index contributed by atoms with van der Waals surface area (Å²) in [6, 6.07) is 9.40. The van der Waals surface area contributed by atoms with Crippen molar-refractivity contribution in [1.82, 2.24) is 0 Å². The van der Waals surface area contributed by atoms with E-state index in [0.717, 1.165) is 18.5 Å². The van der Waals surface area contributed by atoms with Gasteiger partial charge in [-0.15, -0.1) is 0 Å². The van der Waals surface area contributed by atoms with E-state index in [1.165, 1.54) is 23.6 Å². The van der Waals surface area contributed by atoms with Crippen molar-refractivity contribution in [2.24, 2.45) is 0 Å². The molecule has 0 fully saturated rings. The van der Waals surface area contributed by atoms with Gasteiger partial charge in [-0.1, -0.05) is 6.07 Å². The Morgan fingerprint density at radius 2 is 1.89 bits per heavy atom. The Kier molecular flexibility index (Phi) is 3.35. The summed E-state index contributed by atoms with van der Waals surface area (Å²) >= 11 is 1.94. The van der Waals surface area contributed by atoms with Crippen LogP contribution in [0.1, 0.15) is 17.5 Å². The van der Waals surface area contributed by atoms with E-state index in [4.69, 9.17) is 5.73 Å². The first-order valence-electron chi connectivity index (χ1n) is 6.27. The molecule has 0 aromatic heterocycles. The molecule has 0 bridgehead atoms. The summed E-state index contributed by atoms with van der Waals surface area (Å²) in [5.41, 5.74) is 10.9. The van der Waals surface area contributed by atoms with Crippen molar-refractivity contribution in [1.29, 1.82) is 0 Å². The van der Waals surface area contributed by atoms with Crippen LogP contribution in [0.2, 0.25) is 0 Å². The maximum atomic E-state index is 13.6. The van der Waals surface area contributed by atoms with Crippen LogP contribution in [0.15, 0.2) is 30.3 Å². The van der Waals surface area contributed by atoms with Gasteiger partial charge < -0.3 is 11.1 Å². The monoisotopic (exact) mass is 368 g/mol. The molecule has 3 rings (SSSR count). The second-order valence-corrected chi connectivity index (χ2v) is 5.98. The van der Waals surface area contributed by atoms with E-state index in [2.05, 4.69) is 17.4 Å². The third kappa shape index (κ3) is 2.54. The fraction of sp³-hybridized carbons (Fsp3) is 0.200. The molecule has 0 spiro atoms. The molecule has 2 aromatic carbocycles. The number of aryl methyl sites for hydroxylation is 2. The summed E-state index contributed by atoms with van der Waals surface area (Å²) in [5.74, 6) is -0.251. The molecule has 0 saturated carbocycles. The number of nitrogens with two attached hydrogens (primary N) is 1. The lowest BCUT2D eigenvalue weighted by molar-refractivity contribution is 0.621. The first kappa shape index (κ1) is 12.7. The van der Waals surface area contributed by atoms with Gasteiger partial charge in [0, 0.05) is 11.8 Å². The summed E-state index contributed by atoms with van der Waals surface area (Å²) in [4.78, 5) is 0. The average molecular weight is 368 g/mol. The van der Waals surface area contributed by atoms with Gasteiger partial charge in [0.05, 0.1) is 14.9 Å². The minimum Gasteiger partial charge on any atom is -0.397 e. The molecule has 0 amide bonds. The minimum absolute atomic E-state index is 0.251. The number of hydrogen-bond acceptors (Lipinski definition) is 2. The van der Waals surface area contributed by atoms with Crippen molar-refractivity contribution in [3.05, 3.63) is 50.8 Å². The largest absolute Gasteiger partial charge is 0.397 e. The summed E-state index contributed by atoms with van der Waals surface area (Å²) in [7, 11) is 0. The molecule has 0 aliphatic heterocycles. The standard InChI is InChI=1S/C15H14FIN2/c16-12-7-15(14(18)8-13(12)17)19-11-5-4-9-2-1-3-10(9)6-11/h4-8,19H,1-3,18H2. The second kappa shape index (κ2) is 5.00. The number of anilines is 3. The summed E-state index contributed by atoms with van der Waals surface area (Å²) in [6.45, 7) is 0. The predicted molar refractivity (Wildman–Crippen MR) is 85.3 cm³/mol. The summed E-state index contributed by atoms with van der Waals surface area (Å²) in [6.07, 6.45) is 3.51. The number of benzene rings is 2. The predicted octanol–water partition coefficient (Wildman–Crippen LogP) is 4.24. The molecular formula is C15H14FIN2. The fourth-order valence-electron chi connectivity index (χ4n) is 2.48. The Morgan fingerprint density at radius 3 is 2.74 bits per heavy atom. The Bertz CT molecular complexity index is 640. The van der Waals surface area contributed by atoms with Crippen molar-refractivity contribution in [2.45, 2.75) is 19.3 Å². The van der Waals surface area contributed by atoms with Gasteiger partial charge in [-0.25, -0.2) is 4.39 Å². The summed E-state index contributed by atoms with van der Waals surface area (Å²) in [5, 5.41) is 3.20. The lowest BCUT2D eigenvalue weighted by atomic mass is 10.1. The van der Waals surface area contributed by atoms with Crippen LogP contribution in [0.4, 0.5) is 21.5 Å². The number of halogens is 2. The third-order valence-corrected chi connectivity index (χ3v) is 4.30. The molecule has 1 aliphatic carbocycles. The Labute approximate surface area is 125 Å². The highest BCUT2D eigenvalue weighted by molar-refractivity contribution is 14.1. The van der Waals surface area contributed by atoms with Crippen molar-refractivity contribution in [2.75, 3.05) is 11.1 Å². The van der Waals surface area contributed by atoms with Crippen molar-refractivity contribution in [3.63, 3.8) is 0 Å². The lowest BCUT2D eigenvalue weighted by Crippen LogP contribution is -1.99. The van der Waals surface area contributed by atoms with Crippen molar-refractivity contribution in [3.8, 4) is 0 Å². The number of fused-ring (bicyclic) bond motifs is 1. The topological polar surface area (TPSA) is 38.0 Å². The molecule has 0 atom stereocenters. The first-order chi connectivity index (χ1) is 9.13. The van der Waals surface area contributed by atoms with E-state index in [-0.39, 0.29) is 5.82 Å². The summed E-state index contributed by atoms with van der Waals surface area (Å²) < 4.78 is 14.1. The van der Waals surface area contributed by atoms with Gasteiger partial charge in [-0.3, -0.25) is 0 Å². The fourth-order valence-corrected chi connectivity index (χ4v) is 2.97. The highest BCUT2D eigenvalue weighted by atomic mass is 127. The van der Waals surface area contributed by atoms with E-state index in [9.17, 15) is 4.39 Å². The molecule has 0 radical (unpaired) electrons. The quantitative estimate of drug-likeness (QED) is 0.615. The smallest absolute Gasteiger partial charge is 0.138 e. The molecule has 0 saturated heterocycles. The maximum Gasteiger partial charge on any atom is 0.138 e. The zero-order valence-electron chi connectivity index (χ0n) is 10.3. The highest BCUT2D eigenvalue weighted by Crippen LogP contribution is 2.30. The van der Waals surface area contributed by atoms with Gasteiger partial charge >= 0.3 is 0 Å². The van der Waals surface area contributed by atoms with Crippen LogP contribution in [0.3, 0.4) is 0 Å². The van der Waals surface area contributed by atoms with Gasteiger partial charge in [-0.2, -0.15) is 0 Å². The van der Waals surface area contributed by atoms with Crippen LogP contribution in [0, 0.1) is 9.39 Å². The minimum atomic E-state index is -0.251. The third-order valence-electron chi connectivity index (χ3n) is 3.47. The highest BCUT2D eigenvalue weighted by Gasteiger charge is 2.12. The molecule has 19 heavy (non-hydrogen) atoms. The Morgan fingerprint density at radius 1 is 1.11 bits per heavy atom. The first-order valence-corrected chi connectivity index (χ1v) is 7.35. The van der Waals surface area contributed by atoms with Crippen LogP contribution in [-0.4, -0.2) is 0 Å². The van der Waals surface area contributed by atoms with Gasteiger partial charge in [0.2, 0.25) is 0 Å². The van der Waals surface area contributed by atoms with E-state index in [0.29, 0.717) is 14.9 Å². The van der Waals surface area contributed by atoms with Gasteiger partial charge in [0.15, 0.2) is 0 Å². The molecule has 1 aliphatic rings. The average Bonchev–Trinajstić information content (AvgIpc) is 2.83.